The monoisotopic (exact) mass is 239 g/mol. The molecular weight excluding hydrogens is 232 g/mol. The number of hydrogen-bond acceptors (Lipinski definition) is 2. The van der Waals surface area contributed by atoms with Crippen molar-refractivity contribution >= 4 is 34.8 Å². The average Bonchev–Trinajstić information content (AvgIpc) is 2.13. The Morgan fingerprint density at radius 3 is 2.38 bits per heavy atom. The molecule has 0 fully saturated rings. The highest BCUT2D eigenvalue weighted by Gasteiger charge is 2.13. The van der Waals surface area contributed by atoms with Crippen LogP contribution in [0.4, 0.5) is 0 Å². The first-order valence-electron chi connectivity index (χ1n) is 3.59. The largest absolute Gasteiger partial charge is 0.387 e. The molecule has 13 heavy (non-hydrogen) atoms. The second-order valence-corrected chi connectivity index (χ2v) is 3.68. The second-order valence-electron chi connectivity index (χ2n) is 2.52. The minimum Gasteiger partial charge on any atom is -0.387 e. The van der Waals surface area contributed by atoms with Gasteiger partial charge in [-0.15, -0.1) is 0 Å². The van der Waals surface area contributed by atoms with E-state index < -0.39 is 6.10 Å². The molecule has 0 aromatic heterocycles. The van der Waals surface area contributed by atoms with Gasteiger partial charge in [0.2, 0.25) is 0 Å². The van der Waals surface area contributed by atoms with Crippen molar-refractivity contribution < 1.29 is 5.11 Å². The van der Waals surface area contributed by atoms with Crippen molar-refractivity contribution in [2.45, 2.75) is 6.10 Å². The Hall–Kier alpha value is 0.01000. The zero-order valence-electron chi connectivity index (χ0n) is 6.60. The maximum Gasteiger partial charge on any atom is 0.0927 e. The minimum absolute atomic E-state index is 0.0949. The lowest BCUT2D eigenvalue weighted by molar-refractivity contribution is 0.187. The van der Waals surface area contributed by atoms with E-state index in [2.05, 4.69) is 0 Å². The van der Waals surface area contributed by atoms with Gasteiger partial charge in [0.05, 0.1) is 21.2 Å². The second kappa shape index (κ2) is 4.49. The van der Waals surface area contributed by atoms with Crippen LogP contribution in [0.1, 0.15) is 11.7 Å². The van der Waals surface area contributed by atoms with Gasteiger partial charge in [-0.05, 0) is 6.07 Å². The zero-order valence-corrected chi connectivity index (χ0v) is 8.87. The van der Waals surface area contributed by atoms with Crippen molar-refractivity contribution in [3.63, 3.8) is 0 Å². The topological polar surface area (TPSA) is 46.2 Å². The van der Waals surface area contributed by atoms with E-state index in [4.69, 9.17) is 40.5 Å². The van der Waals surface area contributed by atoms with Crippen LogP contribution in [-0.2, 0) is 0 Å². The molecule has 1 rings (SSSR count). The van der Waals surface area contributed by atoms with Gasteiger partial charge < -0.3 is 10.8 Å². The molecule has 2 nitrogen and oxygen atoms in total. The van der Waals surface area contributed by atoms with Gasteiger partial charge in [-0.1, -0.05) is 40.9 Å². The molecule has 0 heterocycles. The molecule has 0 aliphatic heterocycles. The molecule has 0 spiro atoms. The lowest BCUT2D eigenvalue weighted by Gasteiger charge is -2.11. The number of rotatable bonds is 2. The molecule has 1 aromatic carbocycles. The van der Waals surface area contributed by atoms with Gasteiger partial charge in [-0.2, -0.15) is 0 Å². The normalized spacial score (nSPS) is 13.0. The van der Waals surface area contributed by atoms with Crippen LogP contribution in [0.2, 0.25) is 15.1 Å². The van der Waals surface area contributed by atoms with Crippen molar-refractivity contribution in [1.29, 1.82) is 0 Å². The van der Waals surface area contributed by atoms with Crippen LogP contribution in [0.25, 0.3) is 0 Å². The molecule has 0 aliphatic carbocycles. The Bertz CT molecular complexity index is 317. The highest BCUT2D eigenvalue weighted by atomic mass is 35.5. The van der Waals surface area contributed by atoms with E-state index in [0.717, 1.165) is 0 Å². The van der Waals surface area contributed by atoms with E-state index in [1.54, 1.807) is 12.1 Å². The Balaban J connectivity index is 3.18. The Morgan fingerprint density at radius 2 is 1.85 bits per heavy atom. The highest BCUT2D eigenvalue weighted by Crippen LogP contribution is 2.35. The van der Waals surface area contributed by atoms with Crippen LogP contribution in [0.5, 0.6) is 0 Å². The van der Waals surface area contributed by atoms with Crippen molar-refractivity contribution in [1.82, 2.24) is 0 Å². The van der Waals surface area contributed by atoms with Gasteiger partial charge in [0.25, 0.3) is 0 Å². The van der Waals surface area contributed by atoms with E-state index >= 15 is 0 Å². The van der Waals surface area contributed by atoms with E-state index in [-0.39, 0.29) is 16.6 Å². The van der Waals surface area contributed by atoms with Crippen LogP contribution in [-0.4, -0.2) is 11.7 Å². The van der Waals surface area contributed by atoms with Crippen molar-refractivity contribution in [2.75, 3.05) is 6.54 Å². The van der Waals surface area contributed by atoms with Gasteiger partial charge in [-0.25, -0.2) is 0 Å². The predicted molar refractivity (Wildman–Crippen MR) is 55.5 cm³/mol. The number of hydrogen-bond donors (Lipinski definition) is 2. The molecular formula is C8H8Cl3NO. The lowest BCUT2D eigenvalue weighted by Crippen LogP contribution is -2.11. The summed E-state index contributed by atoms with van der Waals surface area (Å²) in [5, 5.41) is 10.3. The summed E-state index contributed by atoms with van der Waals surface area (Å²) in [6, 6.07) is 3.18. The van der Waals surface area contributed by atoms with Crippen LogP contribution in [0.15, 0.2) is 12.1 Å². The molecule has 0 aliphatic rings. The molecule has 0 saturated carbocycles. The fourth-order valence-corrected chi connectivity index (χ4v) is 1.59. The zero-order chi connectivity index (χ0) is 10.0. The Morgan fingerprint density at radius 1 is 1.23 bits per heavy atom. The first-order valence-corrected chi connectivity index (χ1v) is 4.72. The molecule has 3 N–H and O–H groups in total. The lowest BCUT2D eigenvalue weighted by atomic mass is 10.1. The third-order valence-electron chi connectivity index (χ3n) is 1.65. The van der Waals surface area contributed by atoms with Gasteiger partial charge in [0, 0.05) is 12.1 Å². The first-order chi connectivity index (χ1) is 6.07. The molecule has 0 radical (unpaired) electrons. The van der Waals surface area contributed by atoms with Crippen molar-refractivity contribution in [3.8, 4) is 0 Å². The average molecular weight is 241 g/mol. The van der Waals surface area contributed by atoms with Crippen LogP contribution >= 0.6 is 34.8 Å². The summed E-state index contributed by atoms with van der Waals surface area (Å²) in [7, 11) is 0. The quantitative estimate of drug-likeness (QED) is 0.781. The number of aliphatic hydroxyl groups is 1. The molecule has 0 saturated heterocycles. The van der Waals surface area contributed by atoms with E-state index in [1.165, 1.54) is 0 Å². The first kappa shape index (κ1) is 11.1. The van der Waals surface area contributed by atoms with Gasteiger partial charge in [0.15, 0.2) is 0 Å². The number of benzene rings is 1. The fourth-order valence-electron chi connectivity index (χ4n) is 0.925. The third-order valence-corrected chi connectivity index (χ3v) is 2.96. The number of halogens is 3. The summed E-state index contributed by atoms with van der Waals surface area (Å²) in [5.74, 6) is 0. The standard InChI is InChI=1S/C8H8Cl3NO/c9-5-2-1-4(6(13)3-12)7(10)8(5)11/h1-2,6,13H,3,12H2. The Kier molecular flexibility index (Phi) is 3.83. The number of aliphatic hydroxyl groups excluding tert-OH is 1. The molecule has 1 aromatic rings. The number of nitrogens with two attached hydrogens (primary N) is 1. The van der Waals surface area contributed by atoms with Gasteiger partial charge in [-0.3, -0.25) is 0 Å². The maximum atomic E-state index is 9.41. The SMILES string of the molecule is NCC(O)c1ccc(Cl)c(Cl)c1Cl. The van der Waals surface area contributed by atoms with Crippen molar-refractivity contribution in [3.05, 3.63) is 32.8 Å². The minimum atomic E-state index is -0.803. The molecule has 72 valence electrons. The summed E-state index contributed by atoms with van der Waals surface area (Å²) < 4.78 is 0. The summed E-state index contributed by atoms with van der Waals surface area (Å²) in [5.41, 5.74) is 5.78. The van der Waals surface area contributed by atoms with Crippen LogP contribution in [0.3, 0.4) is 0 Å². The third kappa shape index (κ3) is 2.27. The van der Waals surface area contributed by atoms with Crippen molar-refractivity contribution in [2.24, 2.45) is 5.73 Å². The van der Waals surface area contributed by atoms with E-state index in [0.29, 0.717) is 10.6 Å². The molecule has 0 amide bonds. The summed E-state index contributed by atoms with van der Waals surface area (Å²) in [6.07, 6.45) is -0.803. The summed E-state index contributed by atoms with van der Waals surface area (Å²) >= 11 is 17.3. The molecule has 1 atom stereocenters. The predicted octanol–water partition coefficient (Wildman–Crippen LogP) is 2.64. The van der Waals surface area contributed by atoms with Crippen LogP contribution < -0.4 is 5.73 Å². The molecule has 5 heteroatoms. The molecule has 0 bridgehead atoms. The summed E-state index contributed by atoms with van der Waals surface area (Å²) in [6.45, 7) is 0.0949. The van der Waals surface area contributed by atoms with E-state index in [1.807, 2.05) is 0 Å². The summed E-state index contributed by atoms with van der Waals surface area (Å²) in [4.78, 5) is 0. The van der Waals surface area contributed by atoms with E-state index in [9.17, 15) is 5.11 Å². The maximum absolute atomic E-state index is 9.41. The van der Waals surface area contributed by atoms with Crippen LogP contribution in [0, 0.1) is 0 Å². The molecule has 1 unspecified atom stereocenters. The van der Waals surface area contributed by atoms with Gasteiger partial charge >= 0.3 is 0 Å². The van der Waals surface area contributed by atoms with Gasteiger partial charge in [0.1, 0.15) is 0 Å². The Labute approximate surface area is 91.2 Å². The fraction of sp³-hybridized carbons (Fsp3) is 0.250. The highest BCUT2D eigenvalue weighted by molar-refractivity contribution is 6.48. The smallest absolute Gasteiger partial charge is 0.0927 e.